The van der Waals surface area contributed by atoms with Gasteiger partial charge in [0.2, 0.25) is 0 Å². The van der Waals surface area contributed by atoms with Gasteiger partial charge in [-0.1, -0.05) is 0 Å². The van der Waals surface area contributed by atoms with Gasteiger partial charge in [0.05, 0.1) is 0 Å². The summed E-state index contributed by atoms with van der Waals surface area (Å²) in [6.45, 7) is 2.00. The molecule has 0 aliphatic carbocycles. The predicted molar refractivity (Wildman–Crippen MR) is 36.2 cm³/mol. The van der Waals surface area contributed by atoms with E-state index in [4.69, 9.17) is 10.1 Å². The second kappa shape index (κ2) is 5.37. The van der Waals surface area contributed by atoms with Gasteiger partial charge in [0.1, 0.15) is 0 Å². The Morgan fingerprint density at radius 1 is 1.22 bits per heavy atom. The van der Waals surface area contributed by atoms with Crippen LogP contribution in [0.15, 0.2) is 0 Å². The molecule has 0 radical (unpaired) electrons. The average molecular weight is 131 g/mol. The highest BCUT2D eigenvalue weighted by Gasteiger charge is 1.94. The Bertz CT molecular complexity index is 68.7. The molecule has 0 aromatic carbocycles. The van der Waals surface area contributed by atoms with Crippen LogP contribution in [0.4, 0.5) is 0 Å². The molecule has 0 amide bonds. The number of nitrogens with one attached hydrogen (secondary N) is 1. The van der Waals surface area contributed by atoms with Crippen molar-refractivity contribution in [1.82, 2.24) is 0 Å². The molecule has 1 saturated heterocycles. The van der Waals surface area contributed by atoms with Gasteiger partial charge in [-0.2, -0.15) is 0 Å². The highest BCUT2D eigenvalue weighted by Crippen LogP contribution is 1.98. The van der Waals surface area contributed by atoms with Crippen molar-refractivity contribution >= 4 is 5.96 Å². The molecule has 0 saturated carbocycles. The molecule has 0 bridgehead atoms. The van der Waals surface area contributed by atoms with Crippen LogP contribution in [0.3, 0.4) is 0 Å². The van der Waals surface area contributed by atoms with E-state index in [0.717, 1.165) is 13.2 Å². The zero-order chi connectivity index (χ0) is 7.11. The van der Waals surface area contributed by atoms with Gasteiger partial charge in [-0.3, -0.25) is 5.41 Å². The summed E-state index contributed by atoms with van der Waals surface area (Å²) >= 11 is 0. The van der Waals surface area contributed by atoms with E-state index < -0.39 is 0 Å². The van der Waals surface area contributed by atoms with Gasteiger partial charge < -0.3 is 16.2 Å². The summed E-state index contributed by atoms with van der Waals surface area (Å²) in [5.41, 5.74) is 8.94. The molecule has 0 aromatic heterocycles. The second-order valence-electron chi connectivity index (χ2n) is 1.77. The Balaban J connectivity index is 0.000000148. The van der Waals surface area contributed by atoms with Crippen molar-refractivity contribution < 1.29 is 4.74 Å². The largest absolute Gasteiger partial charge is 0.381 e. The van der Waals surface area contributed by atoms with E-state index in [1.54, 1.807) is 0 Å². The summed E-state index contributed by atoms with van der Waals surface area (Å²) in [6, 6.07) is 0. The van der Waals surface area contributed by atoms with Gasteiger partial charge in [0, 0.05) is 13.2 Å². The standard InChI is InChI=1S/C4H8O.CH5N3/c1-2-4-5-3-1;2-1(3)4/h1-4H2;(H5,2,3,4). The van der Waals surface area contributed by atoms with Gasteiger partial charge >= 0.3 is 0 Å². The monoisotopic (exact) mass is 131 g/mol. The highest BCUT2D eigenvalue weighted by atomic mass is 16.5. The second-order valence-corrected chi connectivity index (χ2v) is 1.77. The fourth-order valence-electron chi connectivity index (χ4n) is 0.510. The lowest BCUT2D eigenvalue weighted by Crippen LogP contribution is -2.20. The summed E-state index contributed by atoms with van der Waals surface area (Å²) in [7, 11) is 0. The Morgan fingerprint density at radius 3 is 1.67 bits per heavy atom. The number of nitrogens with two attached hydrogens (primary N) is 2. The zero-order valence-electron chi connectivity index (χ0n) is 5.39. The van der Waals surface area contributed by atoms with E-state index in [-0.39, 0.29) is 5.96 Å². The first kappa shape index (κ1) is 8.23. The molecule has 4 heteroatoms. The molecular weight excluding hydrogens is 118 g/mol. The summed E-state index contributed by atoms with van der Waals surface area (Å²) < 4.78 is 4.94. The molecular formula is C5H13N3O. The maximum atomic E-state index is 6.06. The third-order valence-electron chi connectivity index (χ3n) is 0.827. The summed E-state index contributed by atoms with van der Waals surface area (Å²) in [4.78, 5) is 0. The van der Waals surface area contributed by atoms with Gasteiger partial charge in [-0.15, -0.1) is 0 Å². The topological polar surface area (TPSA) is 85.1 Å². The Kier molecular flexibility index (Phi) is 4.91. The van der Waals surface area contributed by atoms with E-state index in [1.165, 1.54) is 12.8 Å². The Hall–Kier alpha value is -0.770. The fraction of sp³-hybridized carbons (Fsp3) is 0.800. The maximum absolute atomic E-state index is 6.06. The van der Waals surface area contributed by atoms with E-state index >= 15 is 0 Å². The number of hydrogen-bond donors (Lipinski definition) is 3. The number of guanidine groups is 1. The molecule has 1 rings (SSSR count). The molecule has 0 aromatic rings. The van der Waals surface area contributed by atoms with Crippen LogP contribution in [0.5, 0.6) is 0 Å². The quantitative estimate of drug-likeness (QED) is 0.310. The predicted octanol–water partition coefficient (Wildman–Crippen LogP) is -0.365. The van der Waals surface area contributed by atoms with Gasteiger partial charge in [-0.05, 0) is 12.8 Å². The lowest BCUT2D eigenvalue weighted by atomic mass is 10.4. The van der Waals surface area contributed by atoms with E-state index in [1.807, 2.05) is 0 Å². The average Bonchev–Trinajstić information content (AvgIpc) is 2.11. The molecule has 4 nitrogen and oxygen atoms in total. The molecule has 0 unspecified atom stereocenters. The van der Waals surface area contributed by atoms with E-state index in [2.05, 4.69) is 11.5 Å². The van der Waals surface area contributed by atoms with Crippen LogP contribution in [0.1, 0.15) is 12.8 Å². The third kappa shape index (κ3) is 11.1. The molecule has 9 heavy (non-hydrogen) atoms. The summed E-state index contributed by atoms with van der Waals surface area (Å²) in [5.74, 6) is -0.333. The highest BCUT2D eigenvalue weighted by molar-refractivity contribution is 5.71. The molecule has 1 heterocycles. The molecule has 54 valence electrons. The number of rotatable bonds is 0. The fourth-order valence-corrected chi connectivity index (χ4v) is 0.510. The van der Waals surface area contributed by atoms with E-state index in [0.29, 0.717) is 0 Å². The lowest BCUT2D eigenvalue weighted by Gasteiger charge is -1.76. The van der Waals surface area contributed by atoms with Crippen LogP contribution >= 0.6 is 0 Å². The van der Waals surface area contributed by atoms with E-state index in [9.17, 15) is 0 Å². The van der Waals surface area contributed by atoms with Crippen LogP contribution < -0.4 is 11.5 Å². The van der Waals surface area contributed by atoms with Crippen molar-refractivity contribution in [3.05, 3.63) is 0 Å². The van der Waals surface area contributed by atoms with Crippen LogP contribution in [0.2, 0.25) is 0 Å². The SMILES string of the molecule is C1CCOC1.N=C(N)N. The van der Waals surface area contributed by atoms with Gasteiger partial charge in [0.25, 0.3) is 0 Å². The van der Waals surface area contributed by atoms with Crippen molar-refractivity contribution in [2.75, 3.05) is 13.2 Å². The Morgan fingerprint density at radius 2 is 1.56 bits per heavy atom. The first-order valence-electron chi connectivity index (χ1n) is 2.90. The first-order valence-corrected chi connectivity index (χ1v) is 2.90. The normalized spacial score (nSPS) is 16.0. The Labute approximate surface area is 54.7 Å². The van der Waals surface area contributed by atoms with Crippen molar-refractivity contribution in [2.45, 2.75) is 12.8 Å². The van der Waals surface area contributed by atoms with Crippen molar-refractivity contribution in [3.63, 3.8) is 0 Å². The minimum absolute atomic E-state index is 0.333. The number of ether oxygens (including phenoxy) is 1. The van der Waals surface area contributed by atoms with Crippen LogP contribution in [0.25, 0.3) is 0 Å². The smallest absolute Gasteiger partial charge is 0.183 e. The molecule has 5 N–H and O–H groups in total. The minimum atomic E-state index is -0.333. The van der Waals surface area contributed by atoms with Gasteiger partial charge in [-0.25, -0.2) is 0 Å². The molecule has 0 spiro atoms. The first-order chi connectivity index (χ1) is 4.23. The van der Waals surface area contributed by atoms with Crippen molar-refractivity contribution in [2.24, 2.45) is 11.5 Å². The maximum Gasteiger partial charge on any atom is 0.183 e. The van der Waals surface area contributed by atoms with Crippen LogP contribution in [0, 0.1) is 5.41 Å². The molecule has 1 aliphatic heterocycles. The third-order valence-corrected chi connectivity index (χ3v) is 0.827. The van der Waals surface area contributed by atoms with Crippen molar-refractivity contribution in [1.29, 1.82) is 5.41 Å². The zero-order valence-corrected chi connectivity index (χ0v) is 5.39. The minimum Gasteiger partial charge on any atom is -0.381 e. The van der Waals surface area contributed by atoms with Crippen molar-refractivity contribution in [3.8, 4) is 0 Å². The summed E-state index contributed by atoms with van der Waals surface area (Å²) in [6.07, 6.45) is 2.56. The number of hydrogen-bond acceptors (Lipinski definition) is 2. The summed E-state index contributed by atoms with van der Waals surface area (Å²) in [5, 5.41) is 6.06. The molecule has 1 fully saturated rings. The molecule has 0 atom stereocenters. The lowest BCUT2D eigenvalue weighted by molar-refractivity contribution is 0.198. The van der Waals surface area contributed by atoms with Gasteiger partial charge in [0.15, 0.2) is 5.96 Å². The van der Waals surface area contributed by atoms with Crippen LogP contribution in [-0.4, -0.2) is 19.2 Å². The molecule has 1 aliphatic rings. The van der Waals surface area contributed by atoms with Crippen LogP contribution in [-0.2, 0) is 4.74 Å².